The Kier molecular flexibility index (Phi) is 3.23. The summed E-state index contributed by atoms with van der Waals surface area (Å²) in [4.78, 5) is 1.37. The summed E-state index contributed by atoms with van der Waals surface area (Å²) in [6.45, 7) is 4.33. The van der Waals surface area contributed by atoms with Gasteiger partial charge in [0.05, 0.1) is 12.5 Å². The average Bonchev–Trinajstić information content (AvgIpc) is 2.91. The molecule has 2 nitrogen and oxygen atoms in total. The number of hydrogen-bond acceptors (Lipinski definition) is 3. The summed E-state index contributed by atoms with van der Waals surface area (Å²) in [7, 11) is 0. The van der Waals surface area contributed by atoms with Gasteiger partial charge in [-0.1, -0.05) is 6.07 Å². The van der Waals surface area contributed by atoms with Crippen molar-refractivity contribution in [1.82, 2.24) is 5.32 Å². The van der Waals surface area contributed by atoms with E-state index in [1.54, 1.807) is 23.9 Å². The van der Waals surface area contributed by atoms with Gasteiger partial charge in [-0.15, -0.1) is 11.3 Å². The minimum absolute atomic E-state index is 0.320. The van der Waals surface area contributed by atoms with Gasteiger partial charge in [-0.3, -0.25) is 0 Å². The maximum Gasteiger partial charge on any atom is 0.0950 e. The van der Waals surface area contributed by atoms with Gasteiger partial charge in [0.2, 0.25) is 0 Å². The molecule has 2 aromatic heterocycles. The quantitative estimate of drug-likeness (QED) is 0.850. The smallest absolute Gasteiger partial charge is 0.0950 e. The van der Waals surface area contributed by atoms with Gasteiger partial charge in [0.25, 0.3) is 0 Å². The van der Waals surface area contributed by atoms with Crippen LogP contribution in [0.1, 0.15) is 36.4 Å². The van der Waals surface area contributed by atoms with E-state index < -0.39 is 0 Å². The summed E-state index contributed by atoms with van der Waals surface area (Å²) in [6, 6.07) is 6.94. The fourth-order valence-corrected chi connectivity index (χ4v) is 2.36. The summed E-state index contributed by atoms with van der Waals surface area (Å²) in [5.74, 6) is 0. The molecule has 0 aliphatic carbocycles. The molecule has 2 heterocycles. The highest BCUT2D eigenvalue weighted by Crippen LogP contribution is 2.22. The van der Waals surface area contributed by atoms with Crippen molar-refractivity contribution in [1.29, 1.82) is 0 Å². The van der Waals surface area contributed by atoms with Crippen LogP contribution in [-0.2, 0) is 0 Å². The summed E-state index contributed by atoms with van der Waals surface area (Å²) >= 11 is 1.78. The molecule has 15 heavy (non-hydrogen) atoms. The van der Waals surface area contributed by atoms with E-state index in [-0.39, 0.29) is 0 Å². The van der Waals surface area contributed by atoms with Crippen LogP contribution in [-0.4, -0.2) is 0 Å². The van der Waals surface area contributed by atoms with Crippen LogP contribution < -0.4 is 5.32 Å². The summed E-state index contributed by atoms with van der Waals surface area (Å²) < 4.78 is 5.07. The molecule has 0 aromatic carbocycles. The molecule has 0 fully saturated rings. The van der Waals surface area contributed by atoms with Crippen LogP contribution in [0, 0.1) is 0 Å². The molecule has 0 saturated heterocycles. The number of rotatable bonds is 4. The van der Waals surface area contributed by atoms with Gasteiger partial charge in [0, 0.05) is 22.5 Å². The van der Waals surface area contributed by atoms with Crippen molar-refractivity contribution in [3.8, 4) is 0 Å². The van der Waals surface area contributed by atoms with Crippen LogP contribution in [0.2, 0.25) is 0 Å². The third-order valence-electron chi connectivity index (χ3n) is 2.51. The summed E-state index contributed by atoms with van der Waals surface area (Å²) in [5, 5.41) is 5.64. The van der Waals surface area contributed by atoms with E-state index in [1.807, 2.05) is 6.07 Å². The maximum absolute atomic E-state index is 5.07. The van der Waals surface area contributed by atoms with Crippen molar-refractivity contribution in [2.75, 3.05) is 0 Å². The highest BCUT2D eigenvalue weighted by molar-refractivity contribution is 7.10. The Morgan fingerprint density at radius 2 is 2.13 bits per heavy atom. The Morgan fingerprint density at radius 1 is 1.27 bits per heavy atom. The Balaban J connectivity index is 1.98. The molecule has 0 spiro atoms. The SMILES string of the molecule is CC(N[C@H](C)c1cccs1)c1ccoc1. The average molecular weight is 221 g/mol. The lowest BCUT2D eigenvalue weighted by molar-refractivity contribution is 0.491. The van der Waals surface area contributed by atoms with E-state index in [2.05, 4.69) is 36.7 Å². The Bertz CT molecular complexity index is 341. The summed E-state index contributed by atoms with van der Waals surface area (Å²) in [6.07, 6.45) is 3.50. The van der Waals surface area contributed by atoms with Gasteiger partial charge < -0.3 is 9.73 Å². The van der Waals surface area contributed by atoms with Crippen LogP contribution >= 0.6 is 11.3 Å². The molecular weight excluding hydrogens is 206 g/mol. The standard InChI is InChI=1S/C12H15NOS/c1-9(11-5-6-14-8-11)13-10(2)12-4-3-7-15-12/h3-10,13H,1-2H3/t9?,10-/m1/s1. The fraction of sp³-hybridized carbons (Fsp3) is 0.333. The molecular formula is C12H15NOS. The normalized spacial score (nSPS) is 15.1. The van der Waals surface area contributed by atoms with E-state index in [9.17, 15) is 0 Å². The van der Waals surface area contributed by atoms with Crippen LogP contribution in [0.25, 0.3) is 0 Å². The van der Waals surface area contributed by atoms with E-state index in [4.69, 9.17) is 4.42 Å². The molecule has 1 N–H and O–H groups in total. The van der Waals surface area contributed by atoms with Gasteiger partial charge in [0.15, 0.2) is 0 Å². The van der Waals surface area contributed by atoms with Crippen LogP contribution in [0.15, 0.2) is 40.5 Å². The zero-order valence-electron chi connectivity index (χ0n) is 8.94. The van der Waals surface area contributed by atoms with Crippen LogP contribution in [0.3, 0.4) is 0 Å². The van der Waals surface area contributed by atoms with E-state index in [0.717, 1.165) is 0 Å². The second kappa shape index (κ2) is 4.64. The van der Waals surface area contributed by atoms with Crippen molar-refractivity contribution in [2.24, 2.45) is 0 Å². The highest BCUT2D eigenvalue weighted by Gasteiger charge is 2.12. The Hall–Kier alpha value is -1.06. The molecule has 0 aliphatic heterocycles. The van der Waals surface area contributed by atoms with Crippen molar-refractivity contribution >= 4 is 11.3 Å². The van der Waals surface area contributed by atoms with E-state index >= 15 is 0 Å². The van der Waals surface area contributed by atoms with Gasteiger partial charge in [-0.2, -0.15) is 0 Å². The van der Waals surface area contributed by atoms with Crippen molar-refractivity contribution < 1.29 is 4.42 Å². The zero-order chi connectivity index (χ0) is 10.7. The second-order valence-corrected chi connectivity index (χ2v) is 4.66. The van der Waals surface area contributed by atoms with Crippen molar-refractivity contribution in [3.05, 3.63) is 46.5 Å². The largest absolute Gasteiger partial charge is 0.472 e. The topological polar surface area (TPSA) is 25.2 Å². The van der Waals surface area contributed by atoms with Gasteiger partial charge >= 0.3 is 0 Å². The number of thiophene rings is 1. The predicted octanol–water partition coefficient (Wildman–Crippen LogP) is 3.75. The number of nitrogens with one attached hydrogen (secondary N) is 1. The molecule has 0 bridgehead atoms. The molecule has 1 unspecified atom stereocenters. The summed E-state index contributed by atoms with van der Waals surface area (Å²) in [5.41, 5.74) is 1.19. The minimum Gasteiger partial charge on any atom is -0.472 e. The first-order chi connectivity index (χ1) is 7.27. The monoisotopic (exact) mass is 221 g/mol. The molecule has 3 heteroatoms. The zero-order valence-corrected chi connectivity index (χ0v) is 9.75. The molecule has 2 aromatic rings. The minimum atomic E-state index is 0.320. The van der Waals surface area contributed by atoms with E-state index in [1.165, 1.54) is 10.4 Å². The third-order valence-corrected chi connectivity index (χ3v) is 3.57. The van der Waals surface area contributed by atoms with Crippen LogP contribution in [0.4, 0.5) is 0 Å². The van der Waals surface area contributed by atoms with Gasteiger partial charge in [-0.05, 0) is 31.4 Å². The van der Waals surface area contributed by atoms with Crippen molar-refractivity contribution in [2.45, 2.75) is 25.9 Å². The fourth-order valence-electron chi connectivity index (χ4n) is 1.61. The van der Waals surface area contributed by atoms with Crippen LogP contribution in [0.5, 0.6) is 0 Å². The molecule has 2 atom stereocenters. The highest BCUT2D eigenvalue weighted by atomic mass is 32.1. The molecule has 2 rings (SSSR count). The molecule has 0 aliphatic rings. The molecule has 80 valence electrons. The third kappa shape index (κ3) is 2.49. The number of hydrogen-bond donors (Lipinski definition) is 1. The first-order valence-corrected chi connectivity index (χ1v) is 5.97. The Morgan fingerprint density at radius 3 is 2.73 bits per heavy atom. The second-order valence-electron chi connectivity index (χ2n) is 3.68. The van der Waals surface area contributed by atoms with Gasteiger partial charge in [0.1, 0.15) is 0 Å². The van der Waals surface area contributed by atoms with Gasteiger partial charge in [-0.25, -0.2) is 0 Å². The predicted molar refractivity (Wildman–Crippen MR) is 63.0 cm³/mol. The molecule has 0 amide bonds. The maximum atomic E-state index is 5.07. The first kappa shape index (κ1) is 10.5. The lowest BCUT2D eigenvalue weighted by Gasteiger charge is -2.17. The van der Waals surface area contributed by atoms with E-state index in [0.29, 0.717) is 12.1 Å². The molecule has 0 radical (unpaired) electrons. The lowest BCUT2D eigenvalue weighted by Crippen LogP contribution is -2.21. The lowest BCUT2D eigenvalue weighted by atomic mass is 10.1. The van der Waals surface area contributed by atoms with Crippen molar-refractivity contribution in [3.63, 3.8) is 0 Å². The number of furan rings is 1. The Labute approximate surface area is 93.9 Å². The molecule has 0 saturated carbocycles. The first-order valence-electron chi connectivity index (χ1n) is 5.09.